The van der Waals surface area contributed by atoms with Gasteiger partial charge in [-0.2, -0.15) is 0 Å². The monoisotopic (exact) mass is 302 g/mol. The summed E-state index contributed by atoms with van der Waals surface area (Å²) in [6.45, 7) is -0.548. The molecule has 1 aliphatic carbocycles. The zero-order valence-corrected chi connectivity index (χ0v) is 11.1. The Kier molecular flexibility index (Phi) is 4.74. The Hall–Kier alpha value is -1.03. The molecule has 2 aliphatic rings. The van der Waals surface area contributed by atoms with Crippen LogP contribution in [0.25, 0.3) is 0 Å². The minimum Gasteiger partial charge on any atom is -0.394 e. The highest BCUT2D eigenvalue weighted by atomic mass is 32.2. The van der Waals surface area contributed by atoms with Gasteiger partial charge in [-0.15, -0.1) is 0 Å². The summed E-state index contributed by atoms with van der Waals surface area (Å²) in [4.78, 5) is 22.9. The van der Waals surface area contributed by atoms with Crippen LogP contribution >= 0.6 is 11.8 Å². The van der Waals surface area contributed by atoms with Crippen LogP contribution in [0.5, 0.6) is 0 Å². The Labute approximate surface area is 118 Å². The first-order valence-corrected chi connectivity index (χ1v) is 6.77. The van der Waals surface area contributed by atoms with Crippen molar-refractivity contribution in [1.29, 1.82) is 0 Å². The minimum absolute atomic E-state index is 0.0711. The number of carbonyl (C=O) groups excluding carboxylic acids is 2. The highest BCUT2D eigenvalue weighted by Gasteiger charge is 2.44. The largest absolute Gasteiger partial charge is 0.394 e. The number of ether oxygens (including phenoxy) is 1. The van der Waals surface area contributed by atoms with Gasteiger partial charge in [-0.25, -0.2) is 0 Å². The lowest BCUT2D eigenvalue weighted by molar-refractivity contribution is -0.205. The molecule has 2 rings (SSSR count). The lowest BCUT2D eigenvalue weighted by Gasteiger charge is -2.39. The number of hydrogen-bond acceptors (Lipinski definition) is 8. The van der Waals surface area contributed by atoms with Crippen molar-refractivity contribution in [2.75, 3.05) is 6.61 Å². The van der Waals surface area contributed by atoms with Gasteiger partial charge in [0.1, 0.15) is 29.9 Å². The van der Waals surface area contributed by atoms with Crippen LogP contribution in [0.15, 0.2) is 23.1 Å². The van der Waals surface area contributed by atoms with Crippen molar-refractivity contribution < 1.29 is 34.8 Å². The van der Waals surface area contributed by atoms with E-state index in [0.29, 0.717) is 0 Å². The van der Waals surface area contributed by atoms with E-state index in [1.54, 1.807) is 0 Å². The third-order valence-corrected chi connectivity index (χ3v) is 4.20. The van der Waals surface area contributed by atoms with E-state index in [0.717, 1.165) is 30.0 Å². The molecule has 0 radical (unpaired) electrons. The Morgan fingerprint density at radius 3 is 2.45 bits per heavy atom. The number of aliphatic hydroxyl groups is 4. The van der Waals surface area contributed by atoms with Crippen LogP contribution in [-0.2, 0) is 14.3 Å². The molecule has 0 unspecified atom stereocenters. The second kappa shape index (κ2) is 6.17. The lowest BCUT2D eigenvalue weighted by Crippen LogP contribution is -2.57. The zero-order valence-electron chi connectivity index (χ0n) is 10.2. The van der Waals surface area contributed by atoms with Gasteiger partial charge in [0.25, 0.3) is 0 Å². The van der Waals surface area contributed by atoms with Crippen LogP contribution in [0, 0.1) is 0 Å². The molecule has 0 amide bonds. The summed E-state index contributed by atoms with van der Waals surface area (Å²) in [5.74, 6) is -0.775. The van der Waals surface area contributed by atoms with E-state index >= 15 is 0 Å². The van der Waals surface area contributed by atoms with Gasteiger partial charge in [-0.1, -0.05) is 11.8 Å². The fraction of sp³-hybridized carbons (Fsp3) is 0.500. The topological polar surface area (TPSA) is 124 Å². The van der Waals surface area contributed by atoms with Crippen LogP contribution in [-0.4, -0.2) is 68.5 Å². The molecule has 7 nitrogen and oxygen atoms in total. The van der Waals surface area contributed by atoms with Crippen molar-refractivity contribution in [1.82, 2.24) is 0 Å². The van der Waals surface area contributed by atoms with E-state index in [4.69, 9.17) is 9.84 Å². The standard InChI is InChI=1S/C12H14O7S/c13-4-7-9(16)10(17)11(18)12(19-7)20-8-3-5(14)1-2-6(8)15/h1-3,7,9-13,16-18H,4H2/t7-,9-,10+,11-,12+/m1/s1. The van der Waals surface area contributed by atoms with Gasteiger partial charge >= 0.3 is 0 Å². The van der Waals surface area contributed by atoms with Crippen molar-refractivity contribution in [3.8, 4) is 0 Å². The first-order chi connectivity index (χ1) is 9.43. The van der Waals surface area contributed by atoms with Crippen LogP contribution in [0.2, 0.25) is 0 Å². The second-order valence-corrected chi connectivity index (χ2v) is 5.56. The molecule has 1 saturated heterocycles. The maximum absolute atomic E-state index is 11.6. The van der Waals surface area contributed by atoms with E-state index < -0.39 is 42.2 Å². The highest BCUT2D eigenvalue weighted by molar-refractivity contribution is 8.04. The zero-order chi connectivity index (χ0) is 14.9. The molecule has 0 saturated carbocycles. The number of hydrogen-bond donors (Lipinski definition) is 4. The molecule has 1 heterocycles. The van der Waals surface area contributed by atoms with Gasteiger partial charge in [0.05, 0.1) is 11.5 Å². The predicted molar refractivity (Wildman–Crippen MR) is 68.6 cm³/mol. The SMILES string of the molecule is O=C1C=CC(=O)C(S[C@@H]2O[C@H](CO)[C@@H](O)[C@H](O)[C@H]2O)=C1. The predicted octanol–water partition coefficient (Wildman–Crippen LogP) is -1.89. The molecule has 0 aromatic carbocycles. The smallest absolute Gasteiger partial charge is 0.192 e. The highest BCUT2D eigenvalue weighted by Crippen LogP contribution is 2.34. The van der Waals surface area contributed by atoms with Crippen LogP contribution in [0.4, 0.5) is 0 Å². The van der Waals surface area contributed by atoms with Gasteiger partial charge in [0.15, 0.2) is 11.6 Å². The molecule has 1 aliphatic heterocycles. The summed E-state index contributed by atoms with van der Waals surface area (Å²) in [5, 5.41) is 38.1. The summed E-state index contributed by atoms with van der Waals surface area (Å²) >= 11 is 0.771. The summed E-state index contributed by atoms with van der Waals surface area (Å²) in [5.41, 5.74) is -1.07. The van der Waals surface area contributed by atoms with Gasteiger partial charge in [0.2, 0.25) is 0 Å². The molecular formula is C12H14O7S. The summed E-state index contributed by atoms with van der Waals surface area (Å²) in [6.07, 6.45) is -2.12. The van der Waals surface area contributed by atoms with Crippen LogP contribution in [0.3, 0.4) is 0 Å². The fourth-order valence-corrected chi connectivity index (χ4v) is 2.99. The van der Waals surface area contributed by atoms with E-state index in [1.165, 1.54) is 0 Å². The van der Waals surface area contributed by atoms with Crippen LogP contribution in [0.1, 0.15) is 0 Å². The Bertz CT molecular complexity index is 470. The number of rotatable bonds is 3. The average molecular weight is 302 g/mol. The normalized spacial score (nSPS) is 38.0. The molecular weight excluding hydrogens is 288 g/mol. The summed E-state index contributed by atoms with van der Waals surface area (Å²) in [6, 6.07) is 0. The van der Waals surface area contributed by atoms with Crippen molar-refractivity contribution in [3.63, 3.8) is 0 Å². The van der Waals surface area contributed by atoms with Gasteiger partial charge in [0, 0.05) is 6.08 Å². The van der Waals surface area contributed by atoms with E-state index in [2.05, 4.69) is 0 Å². The number of allylic oxidation sites excluding steroid dienone is 4. The van der Waals surface area contributed by atoms with Gasteiger partial charge in [-0.3, -0.25) is 9.59 Å². The van der Waals surface area contributed by atoms with Crippen LogP contribution < -0.4 is 0 Å². The maximum Gasteiger partial charge on any atom is 0.192 e. The summed E-state index contributed by atoms with van der Waals surface area (Å²) < 4.78 is 5.24. The van der Waals surface area contributed by atoms with Crippen molar-refractivity contribution >= 4 is 23.3 Å². The summed E-state index contributed by atoms with van der Waals surface area (Å²) in [7, 11) is 0. The molecule has 0 aromatic rings. The van der Waals surface area contributed by atoms with Gasteiger partial charge in [-0.05, 0) is 12.2 Å². The van der Waals surface area contributed by atoms with Gasteiger partial charge < -0.3 is 25.2 Å². The fourth-order valence-electron chi connectivity index (χ4n) is 1.87. The maximum atomic E-state index is 11.6. The van der Waals surface area contributed by atoms with E-state index in [-0.39, 0.29) is 10.7 Å². The molecule has 0 bridgehead atoms. The second-order valence-electron chi connectivity index (χ2n) is 4.42. The molecule has 0 aromatic heterocycles. The number of thioether (sulfide) groups is 1. The quantitative estimate of drug-likeness (QED) is 0.446. The van der Waals surface area contributed by atoms with Crippen molar-refractivity contribution in [2.45, 2.75) is 29.9 Å². The first kappa shape index (κ1) is 15.4. The molecule has 8 heteroatoms. The van der Waals surface area contributed by atoms with Crippen molar-refractivity contribution in [2.24, 2.45) is 0 Å². The number of aliphatic hydroxyl groups excluding tert-OH is 4. The Balaban J connectivity index is 2.12. The van der Waals surface area contributed by atoms with E-state index in [1.807, 2.05) is 0 Å². The lowest BCUT2D eigenvalue weighted by atomic mass is 10.0. The Morgan fingerprint density at radius 2 is 1.80 bits per heavy atom. The number of ketones is 2. The average Bonchev–Trinajstić information content (AvgIpc) is 2.43. The molecule has 110 valence electrons. The van der Waals surface area contributed by atoms with Crippen molar-refractivity contribution in [3.05, 3.63) is 23.1 Å². The molecule has 0 spiro atoms. The molecule has 5 atom stereocenters. The first-order valence-electron chi connectivity index (χ1n) is 5.89. The Morgan fingerprint density at radius 1 is 1.10 bits per heavy atom. The molecule has 4 N–H and O–H groups in total. The molecule has 20 heavy (non-hydrogen) atoms. The third kappa shape index (κ3) is 3.00. The minimum atomic E-state index is -1.51. The van der Waals surface area contributed by atoms with E-state index in [9.17, 15) is 24.9 Å². The number of carbonyl (C=O) groups is 2. The third-order valence-electron chi connectivity index (χ3n) is 3.01. The molecule has 1 fully saturated rings.